The molecule has 0 spiro atoms. The molecule has 1 aromatic carbocycles. The van der Waals surface area contributed by atoms with Gasteiger partial charge < -0.3 is 14.1 Å². The van der Waals surface area contributed by atoms with Crippen LogP contribution in [-0.4, -0.2) is 26.2 Å². The number of hydrogen-bond acceptors (Lipinski definition) is 4. The van der Waals surface area contributed by atoms with Gasteiger partial charge in [-0.05, 0) is 37.5 Å². The quantitative estimate of drug-likeness (QED) is 0.777. The molecule has 0 N–H and O–H groups in total. The van der Waals surface area contributed by atoms with Crippen LogP contribution < -0.4 is 4.90 Å². The molecule has 100 valence electrons. The number of furan rings is 1. The van der Waals surface area contributed by atoms with Crippen molar-refractivity contribution in [2.75, 3.05) is 25.1 Å². The van der Waals surface area contributed by atoms with Gasteiger partial charge in [0, 0.05) is 30.2 Å². The summed E-state index contributed by atoms with van der Waals surface area (Å²) in [6, 6.07) is 7.81. The molecule has 1 fully saturated rings. The summed E-state index contributed by atoms with van der Waals surface area (Å²) in [7, 11) is 1.36. The molecule has 0 unspecified atom stereocenters. The number of nitrogens with zero attached hydrogens (tertiary/aromatic N) is 1. The molecular formula is C15H17NO3. The molecular weight excluding hydrogens is 242 g/mol. The van der Waals surface area contributed by atoms with Crippen LogP contribution in [0.4, 0.5) is 5.69 Å². The van der Waals surface area contributed by atoms with Gasteiger partial charge in [0.2, 0.25) is 5.76 Å². The smallest absolute Gasteiger partial charge is 0.373 e. The molecule has 2 aromatic rings. The molecule has 1 aromatic heterocycles. The number of fused-ring (bicyclic) bond motifs is 1. The predicted octanol–water partition coefficient (Wildman–Crippen LogP) is 3.21. The largest absolute Gasteiger partial charge is 0.463 e. The van der Waals surface area contributed by atoms with Crippen molar-refractivity contribution in [3.63, 3.8) is 0 Å². The second-order valence-electron chi connectivity index (χ2n) is 4.87. The summed E-state index contributed by atoms with van der Waals surface area (Å²) in [5.74, 6) is -0.177. The summed E-state index contributed by atoms with van der Waals surface area (Å²) in [5.41, 5.74) is 1.90. The molecule has 1 saturated heterocycles. The highest BCUT2D eigenvalue weighted by molar-refractivity contribution is 5.93. The van der Waals surface area contributed by atoms with Crippen molar-refractivity contribution in [2.45, 2.75) is 19.3 Å². The highest BCUT2D eigenvalue weighted by atomic mass is 16.5. The first-order valence-corrected chi connectivity index (χ1v) is 6.65. The molecule has 0 saturated carbocycles. The van der Waals surface area contributed by atoms with E-state index in [2.05, 4.69) is 15.7 Å². The van der Waals surface area contributed by atoms with Crippen molar-refractivity contribution in [3.8, 4) is 0 Å². The Bertz CT molecular complexity index is 596. The maximum atomic E-state index is 11.4. The van der Waals surface area contributed by atoms with E-state index in [9.17, 15) is 4.79 Å². The Kier molecular flexibility index (Phi) is 3.15. The summed E-state index contributed by atoms with van der Waals surface area (Å²) < 4.78 is 10.2. The van der Waals surface area contributed by atoms with Crippen LogP contribution in [0.2, 0.25) is 0 Å². The highest BCUT2D eigenvalue weighted by Crippen LogP contribution is 2.27. The highest BCUT2D eigenvalue weighted by Gasteiger charge is 2.15. The average Bonchev–Trinajstić information content (AvgIpc) is 2.90. The first kappa shape index (κ1) is 12.1. The van der Waals surface area contributed by atoms with Gasteiger partial charge in [0.1, 0.15) is 5.58 Å². The molecule has 0 atom stereocenters. The fourth-order valence-electron chi connectivity index (χ4n) is 2.57. The molecule has 3 rings (SSSR count). The van der Waals surface area contributed by atoms with Gasteiger partial charge in [0.25, 0.3) is 0 Å². The second kappa shape index (κ2) is 4.96. The van der Waals surface area contributed by atoms with Gasteiger partial charge in [0.15, 0.2) is 0 Å². The zero-order chi connectivity index (χ0) is 13.2. The van der Waals surface area contributed by atoms with Gasteiger partial charge in [-0.1, -0.05) is 0 Å². The van der Waals surface area contributed by atoms with Crippen molar-refractivity contribution in [1.29, 1.82) is 0 Å². The normalized spacial score (nSPS) is 15.7. The Morgan fingerprint density at radius 3 is 2.74 bits per heavy atom. The first-order valence-electron chi connectivity index (χ1n) is 6.65. The van der Waals surface area contributed by atoms with E-state index in [4.69, 9.17) is 4.42 Å². The topological polar surface area (TPSA) is 42.7 Å². The van der Waals surface area contributed by atoms with Gasteiger partial charge in [-0.3, -0.25) is 0 Å². The summed E-state index contributed by atoms with van der Waals surface area (Å²) in [6.45, 7) is 2.19. The van der Waals surface area contributed by atoms with E-state index >= 15 is 0 Å². The van der Waals surface area contributed by atoms with Crippen LogP contribution in [0.25, 0.3) is 11.0 Å². The number of ether oxygens (including phenoxy) is 1. The number of benzene rings is 1. The summed E-state index contributed by atoms with van der Waals surface area (Å²) in [5, 5.41) is 0.932. The molecule has 19 heavy (non-hydrogen) atoms. The third-order valence-corrected chi connectivity index (χ3v) is 3.61. The zero-order valence-electron chi connectivity index (χ0n) is 11.0. The molecule has 4 heteroatoms. The second-order valence-corrected chi connectivity index (χ2v) is 4.87. The Labute approximate surface area is 111 Å². The maximum absolute atomic E-state index is 11.4. The van der Waals surface area contributed by atoms with Gasteiger partial charge in [-0.2, -0.15) is 0 Å². The lowest BCUT2D eigenvalue weighted by atomic mass is 10.1. The lowest BCUT2D eigenvalue weighted by Crippen LogP contribution is -2.29. The van der Waals surface area contributed by atoms with Crippen molar-refractivity contribution in [1.82, 2.24) is 0 Å². The maximum Gasteiger partial charge on any atom is 0.373 e. The number of esters is 1. The van der Waals surface area contributed by atoms with Gasteiger partial charge in [0.05, 0.1) is 7.11 Å². The Morgan fingerprint density at radius 2 is 2.00 bits per heavy atom. The number of piperidine rings is 1. The molecule has 0 radical (unpaired) electrons. The van der Waals surface area contributed by atoms with Gasteiger partial charge in [-0.25, -0.2) is 4.79 Å². The molecule has 0 bridgehead atoms. The number of carbonyl (C=O) groups is 1. The van der Waals surface area contributed by atoms with Crippen LogP contribution in [0.1, 0.15) is 29.8 Å². The van der Waals surface area contributed by atoms with Crippen molar-refractivity contribution >= 4 is 22.6 Å². The first-order chi connectivity index (χ1) is 9.28. The fourth-order valence-corrected chi connectivity index (χ4v) is 2.57. The third kappa shape index (κ3) is 2.30. The molecule has 4 nitrogen and oxygen atoms in total. The van der Waals surface area contributed by atoms with Crippen LogP contribution in [-0.2, 0) is 4.74 Å². The minimum absolute atomic E-state index is 0.258. The number of methoxy groups -OCH3 is 1. The number of rotatable bonds is 2. The summed E-state index contributed by atoms with van der Waals surface area (Å²) in [6.07, 6.45) is 3.79. The van der Waals surface area contributed by atoms with E-state index in [0.717, 1.165) is 29.7 Å². The molecule has 1 aliphatic rings. The summed E-state index contributed by atoms with van der Waals surface area (Å²) in [4.78, 5) is 13.8. The van der Waals surface area contributed by atoms with Crippen LogP contribution in [0.5, 0.6) is 0 Å². The van der Waals surface area contributed by atoms with Crippen molar-refractivity contribution in [2.24, 2.45) is 0 Å². The zero-order valence-corrected chi connectivity index (χ0v) is 11.0. The van der Waals surface area contributed by atoms with E-state index in [0.29, 0.717) is 0 Å². The Hall–Kier alpha value is -1.97. The van der Waals surface area contributed by atoms with E-state index < -0.39 is 5.97 Å². The minimum atomic E-state index is -0.435. The van der Waals surface area contributed by atoms with Crippen molar-refractivity contribution < 1.29 is 13.9 Å². The van der Waals surface area contributed by atoms with E-state index in [1.54, 1.807) is 6.07 Å². The number of anilines is 1. The lowest BCUT2D eigenvalue weighted by molar-refractivity contribution is 0.0567. The average molecular weight is 259 g/mol. The Balaban J connectivity index is 1.93. The van der Waals surface area contributed by atoms with E-state index in [1.807, 2.05) is 12.1 Å². The van der Waals surface area contributed by atoms with Crippen LogP contribution >= 0.6 is 0 Å². The lowest BCUT2D eigenvalue weighted by Gasteiger charge is -2.28. The van der Waals surface area contributed by atoms with Crippen LogP contribution in [0, 0.1) is 0 Å². The number of carbonyl (C=O) groups excluding carboxylic acids is 1. The third-order valence-electron chi connectivity index (χ3n) is 3.61. The molecule has 0 aliphatic carbocycles. The number of hydrogen-bond donors (Lipinski definition) is 0. The van der Waals surface area contributed by atoms with Gasteiger partial charge >= 0.3 is 5.97 Å². The minimum Gasteiger partial charge on any atom is -0.463 e. The molecule has 1 aliphatic heterocycles. The molecule has 0 amide bonds. The fraction of sp³-hybridized carbons (Fsp3) is 0.400. The predicted molar refractivity (Wildman–Crippen MR) is 73.6 cm³/mol. The van der Waals surface area contributed by atoms with Crippen LogP contribution in [0.15, 0.2) is 28.7 Å². The van der Waals surface area contributed by atoms with Gasteiger partial charge in [-0.15, -0.1) is 0 Å². The van der Waals surface area contributed by atoms with E-state index in [-0.39, 0.29) is 5.76 Å². The van der Waals surface area contributed by atoms with Crippen LogP contribution in [0.3, 0.4) is 0 Å². The van der Waals surface area contributed by atoms with E-state index in [1.165, 1.54) is 26.4 Å². The molecule has 2 heterocycles. The Morgan fingerprint density at radius 1 is 1.21 bits per heavy atom. The SMILES string of the molecule is COC(=O)c1cc2ccc(N3CCCCC3)cc2o1. The van der Waals surface area contributed by atoms with Crippen molar-refractivity contribution in [3.05, 3.63) is 30.0 Å². The monoisotopic (exact) mass is 259 g/mol. The summed E-state index contributed by atoms with van der Waals surface area (Å²) >= 11 is 0. The standard InChI is InChI=1S/C15H17NO3/c1-18-15(17)14-9-11-5-6-12(10-13(11)19-14)16-7-3-2-4-8-16/h5-6,9-10H,2-4,7-8H2,1H3.